The molecule has 14 heavy (non-hydrogen) atoms. The first kappa shape index (κ1) is 11.2. The highest BCUT2D eigenvalue weighted by Crippen LogP contribution is 2.06. The third kappa shape index (κ3) is 3.12. The molecule has 1 unspecified atom stereocenters. The van der Waals surface area contributed by atoms with Crippen LogP contribution in [0.2, 0.25) is 0 Å². The summed E-state index contributed by atoms with van der Waals surface area (Å²) in [5.74, 6) is 0.157. The number of nitrogens with zero attached hydrogens (tertiary/aromatic N) is 1. The molecule has 1 aliphatic heterocycles. The first-order chi connectivity index (χ1) is 6.77. The van der Waals surface area contributed by atoms with Gasteiger partial charge in [-0.05, 0) is 6.92 Å². The first-order valence-electron chi connectivity index (χ1n) is 4.98. The van der Waals surface area contributed by atoms with E-state index in [-0.39, 0.29) is 12.0 Å². The molecular weight excluding hydrogens is 180 g/mol. The van der Waals surface area contributed by atoms with Gasteiger partial charge in [0.05, 0.1) is 12.7 Å². The smallest absolute Gasteiger partial charge is 0.226 e. The number of nitrogens with two attached hydrogens (primary N) is 1. The van der Waals surface area contributed by atoms with Crippen molar-refractivity contribution in [1.82, 2.24) is 4.90 Å². The zero-order valence-corrected chi connectivity index (χ0v) is 8.61. The lowest BCUT2D eigenvalue weighted by atomic mass is 10.2. The molecular formula is C10H18N2O2. The maximum absolute atomic E-state index is 11.6. The maximum Gasteiger partial charge on any atom is 0.226 e. The Balaban J connectivity index is 2.39. The minimum Gasteiger partial charge on any atom is -0.373 e. The van der Waals surface area contributed by atoms with E-state index in [0.29, 0.717) is 32.7 Å². The molecule has 80 valence electrons. The molecule has 1 atom stereocenters. The average molecular weight is 198 g/mol. The van der Waals surface area contributed by atoms with Crippen LogP contribution in [0, 0.1) is 0 Å². The van der Waals surface area contributed by atoms with Crippen LogP contribution in [0.4, 0.5) is 0 Å². The number of amides is 1. The Kier molecular flexibility index (Phi) is 4.62. The molecule has 0 aliphatic carbocycles. The van der Waals surface area contributed by atoms with Gasteiger partial charge in [-0.25, -0.2) is 0 Å². The van der Waals surface area contributed by atoms with Gasteiger partial charge in [0.25, 0.3) is 0 Å². The minimum absolute atomic E-state index is 0.0123. The molecule has 0 bridgehead atoms. The van der Waals surface area contributed by atoms with E-state index < -0.39 is 0 Å². The summed E-state index contributed by atoms with van der Waals surface area (Å²) in [5.41, 5.74) is 5.49. The van der Waals surface area contributed by atoms with Crippen molar-refractivity contribution in [3.8, 4) is 0 Å². The van der Waals surface area contributed by atoms with Gasteiger partial charge in [-0.2, -0.15) is 0 Å². The summed E-state index contributed by atoms with van der Waals surface area (Å²) in [6, 6.07) is 0. The van der Waals surface area contributed by atoms with E-state index in [1.807, 2.05) is 24.0 Å². The molecule has 1 rings (SSSR count). The van der Waals surface area contributed by atoms with E-state index in [9.17, 15) is 4.79 Å². The SMILES string of the molecule is C/C=C/CC(=O)N1CCOC(CN)C1. The van der Waals surface area contributed by atoms with Crippen molar-refractivity contribution in [2.24, 2.45) is 5.73 Å². The fourth-order valence-corrected chi connectivity index (χ4v) is 1.44. The molecule has 0 aromatic carbocycles. The van der Waals surface area contributed by atoms with Crippen LogP contribution in [0.5, 0.6) is 0 Å². The lowest BCUT2D eigenvalue weighted by Gasteiger charge is -2.32. The maximum atomic E-state index is 11.6. The lowest BCUT2D eigenvalue weighted by Crippen LogP contribution is -2.48. The number of morpholine rings is 1. The van der Waals surface area contributed by atoms with Crippen LogP contribution >= 0.6 is 0 Å². The van der Waals surface area contributed by atoms with Crippen LogP contribution in [-0.4, -0.2) is 43.2 Å². The molecule has 0 aromatic rings. The zero-order valence-electron chi connectivity index (χ0n) is 8.61. The van der Waals surface area contributed by atoms with Gasteiger partial charge in [0.2, 0.25) is 5.91 Å². The monoisotopic (exact) mass is 198 g/mol. The number of hydrogen-bond acceptors (Lipinski definition) is 3. The van der Waals surface area contributed by atoms with E-state index in [4.69, 9.17) is 10.5 Å². The van der Waals surface area contributed by atoms with Gasteiger partial charge >= 0.3 is 0 Å². The fraction of sp³-hybridized carbons (Fsp3) is 0.700. The first-order valence-corrected chi connectivity index (χ1v) is 4.98. The Morgan fingerprint density at radius 2 is 2.50 bits per heavy atom. The molecule has 0 aromatic heterocycles. The quantitative estimate of drug-likeness (QED) is 0.656. The highest BCUT2D eigenvalue weighted by Gasteiger charge is 2.21. The molecule has 0 saturated carbocycles. The molecule has 4 nitrogen and oxygen atoms in total. The van der Waals surface area contributed by atoms with Crippen molar-refractivity contribution in [2.45, 2.75) is 19.4 Å². The highest BCUT2D eigenvalue weighted by atomic mass is 16.5. The van der Waals surface area contributed by atoms with Crippen molar-refractivity contribution >= 4 is 5.91 Å². The number of carbonyl (C=O) groups is 1. The van der Waals surface area contributed by atoms with E-state index in [2.05, 4.69) is 0 Å². The Hall–Kier alpha value is -0.870. The summed E-state index contributed by atoms with van der Waals surface area (Å²) in [6.07, 6.45) is 4.25. The van der Waals surface area contributed by atoms with E-state index in [0.717, 1.165) is 0 Å². The van der Waals surface area contributed by atoms with Crippen LogP contribution in [0.1, 0.15) is 13.3 Å². The van der Waals surface area contributed by atoms with Gasteiger partial charge in [-0.3, -0.25) is 4.79 Å². The summed E-state index contributed by atoms with van der Waals surface area (Å²) in [5, 5.41) is 0. The molecule has 4 heteroatoms. The molecule has 1 amide bonds. The standard InChI is InChI=1S/C10H18N2O2/c1-2-3-4-10(13)12-5-6-14-9(7-11)8-12/h2-3,9H,4-8,11H2,1H3/b3-2+. The summed E-state index contributed by atoms with van der Waals surface area (Å²) >= 11 is 0. The van der Waals surface area contributed by atoms with Crippen molar-refractivity contribution < 1.29 is 9.53 Å². The van der Waals surface area contributed by atoms with Crippen LogP contribution < -0.4 is 5.73 Å². The van der Waals surface area contributed by atoms with Crippen LogP contribution in [-0.2, 0) is 9.53 Å². The predicted octanol–water partition coefficient (Wildman–Crippen LogP) is 0.139. The molecule has 1 heterocycles. The Labute approximate surface area is 84.7 Å². The van der Waals surface area contributed by atoms with E-state index in [1.165, 1.54) is 0 Å². The van der Waals surface area contributed by atoms with E-state index in [1.54, 1.807) is 0 Å². The van der Waals surface area contributed by atoms with E-state index >= 15 is 0 Å². The third-order valence-corrected chi connectivity index (χ3v) is 2.28. The number of carbonyl (C=O) groups excluding carboxylic acids is 1. The van der Waals surface area contributed by atoms with Gasteiger partial charge < -0.3 is 15.4 Å². The number of ether oxygens (including phenoxy) is 1. The third-order valence-electron chi connectivity index (χ3n) is 2.28. The van der Waals surface area contributed by atoms with Crippen LogP contribution in [0.3, 0.4) is 0 Å². The number of hydrogen-bond donors (Lipinski definition) is 1. The summed E-state index contributed by atoms with van der Waals surface area (Å²) in [7, 11) is 0. The molecule has 1 saturated heterocycles. The molecule has 0 spiro atoms. The minimum atomic E-state index is 0.0123. The topological polar surface area (TPSA) is 55.6 Å². The zero-order chi connectivity index (χ0) is 10.4. The summed E-state index contributed by atoms with van der Waals surface area (Å²) in [4.78, 5) is 13.4. The van der Waals surface area contributed by atoms with Gasteiger partial charge in [-0.15, -0.1) is 0 Å². The largest absolute Gasteiger partial charge is 0.373 e. The highest BCUT2D eigenvalue weighted by molar-refractivity contribution is 5.77. The molecule has 0 radical (unpaired) electrons. The Morgan fingerprint density at radius 3 is 3.14 bits per heavy atom. The second-order valence-electron chi connectivity index (χ2n) is 3.34. The average Bonchev–Trinajstić information content (AvgIpc) is 2.26. The Morgan fingerprint density at radius 1 is 1.71 bits per heavy atom. The van der Waals surface area contributed by atoms with Gasteiger partial charge in [-0.1, -0.05) is 12.2 Å². The van der Waals surface area contributed by atoms with Crippen molar-refractivity contribution in [3.63, 3.8) is 0 Å². The molecule has 2 N–H and O–H groups in total. The summed E-state index contributed by atoms with van der Waals surface area (Å²) in [6.45, 7) is 4.31. The van der Waals surface area contributed by atoms with Crippen molar-refractivity contribution in [1.29, 1.82) is 0 Å². The summed E-state index contributed by atoms with van der Waals surface area (Å²) < 4.78 is 5.38. The van der Waals surface area contributed by atoms with Gasteiger partial charge in [0.15, 0.2) is 0 Å². The second kappa shape index (κ2) is 5.78. The number of allylic oxidation sites excluding steroid dienone is 1. The van der Waals surface area contributed by atoms with Crippen LogP contribution in [0.25, 0.3) is 0 Å². The lowest BCUT2D eigenvalue weighted by molar-refractivity contribution is -0.137. The van der Waals surface area contributed by atoms with Crippen molar-refractivity contribution in [3.05, 3.63) is 12.2 Å². The van der Waals surface area contributed by atoms with Gasteiger partial charge in [0, 0.05) is 26.1 Å². The van der Waals surface area contributed by atoms with Crippen molar-refractivity contribution in [2.75, 3.05) is 26.2 Å². The predicted molar refractivity (Wildman–Crippen MR) is 54.8 cm³/mol. The second-order valence-corrected chi connectivity index (χ2v) is 3.34. The van der Waals surface area contributed by atoms with Crippen LogP contribution in [0.15, 0.2) is 12.2 Å². The van der Waals surface area contributed by atoms with Gasteiger partial charge in [0.1, 0.15) is 0 Å². The molecule has 1 fully saturated rings. The molecule has 1 aliphatic rings. The number of rotatable bonds is 3. The Bertz CT molecular complexity index is 216. The normalized spacial score (nSPS) is 23.0. The fourth-order valence-electron chi connectivity index (χ4n) is 1.44.